The third-order valence-electron chi connectivity index (χ3n) is 2.34. The van der Waals surface area contributed by atoms with Gasteiger partial charge in [-0.15, -0.1) is 0 Å². The van der Waals surface area contributed by atoms with Gasteiger partial charge in [-0.2, -0.15) is 4.72 Å². The Balaban J connectivity index is 2.92. The van der Waals surface area contributed by atoms with Crippen molar-refractivity contribution in [2.45, 2.75) is 17.9 Å². The van der Waals surface area contributed by atoms with E-state index < -0.39 is 27.9 Å². The number of nitrogens with one attached hydrogen (secondary N) is 2. The van der Waals surface area contributed by atoms with Gasteiger partial charge in [-0.3, -0.25) is 4.79 Å². The zero-order valence-corrected chi connectivity index (χ0v) is 11.5. The van der Waals surface area contributed by atoms with Crippen molar-refractivity contribution in [3.8, 4) is 0 Å². The second-order valence-electron chi connectivity index (χ2n) is 4.13. The van der Waals surface area contributed by atoms with Gasteiger partial charge in [0.1, 0.15) is 10.6 Å². The number of carboxylic acid groups (broad SMARTS) is 1. The minimum atomic E-state index is -3.94. The Kier molecular flexibility index (Phi) is 4.32. The van der Waals surface area contributed by atoms with Gasteiger partial charge in [0.15, 0.2) is 0 Å². The summed E-state index contributed by atoms with van der Waals surface area (Å²) in [7, 11) is -0.931. The first kappa shape index (κ1) is 15.2. The Bertz CT molecular complexity index is 590. The number of carbonyl (C=O) groups excluding carboxylic acids is 1. The van der Waals surface area contributed by atoms with Crippen LogP contribution in [0.2, 0.25) is 0 Å². The second-order valence-corrected chi connectivity index (χ2v) is 5.84. The highest BCUT2D eigenvalue weighted by atomic mass is 32.2. The Morgan fingerprint density at radius 1 is 1.42 bits per heavy atom. The van der Waals surface area contributed by atoms with Crippen LogP contribution in [0.15, 0.2) is 17.2 Å². The number of likely N-dealkylation sites (N-methyl/N-ethyl adjacent to an activating group) is 1. The van der Waals surface area contributed by atoms with Crippen molar-refractivity contribution in [3.05, 3.63) is 18.0 Å². The first-order valence-electron chi connectivity index (χ1n) is 5.30. The van der Waals surface area contributed by atoms with Crippen LogP contribution in [0.4, 0.5) is 0 Å². The number of aromatic amines is 1. The monoisotopic (exact) mass is 289 g/mol. The Labute approximate surface area is 110 Å². The average Bonchev–Trinajstić information content (AvgIpc) is 2.77. The summed E-state index contributed by atoms with van der Waals surface area (Å²) < 4.78 is 26.0. The summed E-state index contributed by atoms with van der Waals surface area (Å²) >= 11 is 0. The summed E-state index contributed by atoms with van der Waals surface area (Å²) in [6, 6.07) is 0.0422. The van der Waals surface area contributed by atoms with Gasteiger partial charge in [0.2, 0.25) is 15.9 Å². The molecule has 1 heterocycles. The molecular weight excluding hydrogens is 274 g/mol. The fraction of sp³-hybridized carbons (Fsp3) is 0.400. The third kappa shape index (κ3) is 3.55. The first-order chi connectivity index (χ1) is 8.65. The molecule has 106 valence electrons. The van der Waals surface area contributed by atoms with E-state index in [0.29, 0.717) is 0 Å². The minimum absolute atomic E-state index is 0.233. The standard InChI is InChI=1S/C10H15N3O5S/c1-6(9(14)13(2)3)12-19(17,18)7-4-8(10(15)16)11-5-7/h4-6,11-12H,1-3H3,(H,15,16). The Morgan fingerprint density at radius 2 is 2.00 bits per heavy atom. The number of amides is 1. The molecule has 0 bridgehead atoms. The van der Waals surface area contributed by atoms with Crippen LogP contribution >= 0.6 is 0 Å². The lowest BCUT2D eigenvalue weighted by Crippen LogP contribution is -2.44. The van der Waals surface area contributed by atoms with Crippen LogP contribution in [0.25, 0.3) is 0 Å². The number of aromatic carboxylic acids is 1. The van der Waals surface area contributed by atoms with Crippen LogP contribution < -0.4 is 4.72 Å². The second kappa shape index (κ2) is 5.41. The molecule has 0 aliphatic carbocycles. The van der Waals surface area contributed by atoms with Gasteiger partial charge in [0.05, 0.1) is 6.04 Å². The molecule has 19 heavy (non-hydrogen) atoms. The number of nitrogens with zero attached hydrogens (tertiary/aromatic N) is 1. The molecule has 8 nitrogen and oxygen atoms in total. The number of carbonyl (C=O) groups is 2. The molecular formula is C10H15N3O5S. The lowest BCUT2D eigenvalue weighted by Gasteiger charge is -2.17. The molecule has 1 aromatic heterocycles. The Morgan fingerprint density at radius 3 is 2.42 bits per heavy atom. The van der Waals surface area contributed by atoms with E-state index in [1.807, 2.05) is 0 Å². The molecule has 1 unspecified atom stereocenters. The molecule has 0 aromatic carbocycles. The smallest absolute Gasteiger partial charge is 0.352 e. The predicted molar refractivity (Wildman–Crippen MR) is 66.2 cm³/mol. The molecule has 1 rings (SSSR count). The number of sulfonamides is 1. The molecule has 1 aromatic rings. The molecule has 1 amide bonds. The number of rotatable bonds is 5. The number of carboxylic acids is 1. The van der Waals surface area contributed by atoms with Gasteiger partial charge in [-0.05, 0) is 13.0 Å². The quantitative estimate of drug-likeness (QED) is 0.673. The van der Waals surface area contributed by atoms with Crippen LogP contribution in [0, 0.1) is 0 Å². The lowest BCUT2D eigenvalue weighted by atomic mass is 10.3. The summed E-state index contributed by atoms with van der Waals surface area (Å²) in [4.78, 5) is 25.6. The van der Waals surface area contributed by atoms with E-state index in [4.69, 9.17) is 5.11 Å². The van der Waals surface area contributed by atoms with Crippen molar-refractivity contribution in [1.29, 1.82) is 0 Å². The van der Waals surface area contributed by atoms with E-state index in [1.165, 1.54) is 25.9 Å². The topological polar surface area (TPSA) is 120 Å². The SMILES string of the molecule is CC(NS(=O)(=O)c1c[nH]c(C(=O)O)c1)C(=O)N(C)C. The van der Waals surface area contributed by atoms with E-state index in [-0.39, 0.29) is 10.6 Å². The fourth-order valence-corrected chi connectivity index (χ4v) is 2.58. The van der Waals surface area contributed by atoms with E-state index in [1.54, 1.807) is 0 Å². The molecule has 0 saturated carbocycles. The van der Waals surface area contributed by atoms with Crippen LogP contribution in [0.3, 0.4) is 0 Å². The molecule has 0 radical (unpaired) electrons. The number of H-pyrrole nitrogens is 1. The highest BCUT2D eigenvalue weighted by Crippen LogP contribution is 2.11. The lowest BCUT2D eigenvalue weighted by molar-refractivity contribution is -0.130. The molecule has 0 aliphatic heterocycles. The third-order valence-corrected chi connectivity index (χ3v) is 3.86. The zero-order chi connectivity index (χ0) is 14.8. The van der Waals surface area contributed by atoms with Crippen molar-refractivity contribution >= 4 is 21.9 Å². The summed E-state index contributed by atoms with van der Waals surface area (Å²) in [5.74, 6) is -1.67. The van der Waals surface area contributed by atoms with Crippen LogP contribution in [0.5, 0.6) is 0 Å². The fourth-order valence-electron chi connectivity index (χ4n) is 1.39. The predicted octanol–water partition coefficient (Wildman–Crippen LogP) is -0.532. The maximum Gasteiger partial charge on any atom is 0.352 e. The van der Waals surface area contributed by atoms with Crippen molar-refractivity contribution < 1.29 is 23.1 Å². The van der Waals surface area contributed by atoms with Gasteiger partial charge in [0.25, 0.3) is 0 Å². The molecule has 0 aliphatic rings. The molecule has 9 heteroatoms. The molecule has 0 fully saturated rings. The normalized spacial score (nSPS) is 13.0. The summed E-state index contributed by atoms with van der Waals surface area (Å²) in [5, 5.41) is 8.70. The Hall–Kier alpha value is -1.87. The minimum Gasteiger partial charge on any atom is -0.477 e. The average molecular weight is 289 g/mol. The van der Waals surface area contributed by atoms with Gasteiger partial charge in [-0.25, -0.2) is 13.2 Å². The maximum atomic E-state index is 11.9. The van der Waals surface area contributed by atoms with E-state index in [2.05, 4.69) is 9.71 Å². The van der Waals surface area contributed by atoms with Gasteiger partial charge in [-0.1, -0.05) is 0 Å². The number of hydrogen-bond donors (Lipinski definition) is 3. The first-order valence-corrected chi connectivity index (χ1v) is 6.78. The maximum absolute atomic E-state index is 11.9. The highest BCUT2D eigenvalue weighted by molar-refractivity contribution is 7.89. The van der Waals surface area contributed by atoms with E-state index >= 15 is 0 Å². The molecule has 1 atom stereocenters. The van der Waals surface area contributed by atoms with Gasteiger partial charge < -0.3 is 15.0 Å². The van der Waals surface area contributed by atoms with Gasteiger partial charge in [0, 0.05) is 20.3 Å². The van der Waals surface area contributed by atoms with Crippen molar-refractivity contribution in [2.24, 2.45) is 0 Å². The van der Waals surface area contributed by atoms with E-state index in [9.17, 15) is 18.0 Å². The summed E-state index contributed by atoms with van der Waals surface area (Å²) in [5.41, 5.74) is -0.244. The number of hydrogen-bond acceptors (Lipinski definition) is 4. The zero-order valence-electron chi connectivity index (χ0n) is 10.7. The highest BCUT2D eigenvalue weighted by Gasteiger charge is 2.24. The largest absolute Gasteiger partial charge is 0.477 e. The van der Waals surface area contributed by atoms with E-state index in [0.717, 1.165) is 12.3 Å². The molecule has 0 spiro atoms. The van der Waals surface area contributed by atoms with Crippen LogP contribution in [0.1, 0.15) is 17.4 Å². The summed E-state index contributed by atoms with van der Waals surface area (Å²) in [6.45, 7) is 1.41. The van der Waals surface area contributed by atoms with Crippen molar-refractivity contribution in [1.82, 2.24) is 14.6 Å². The van der Waals surface area contributed by atoms with Gasteiger partial charge >= 0.3 is 5.97 Å². The number of aromatic nitrogens is 1. The van der Waals surface area contributed by atoms with Crippen molar-refractivity contribution in [2.75, 3.05) is 14.1 Å². The molecule has 3 N–H and O–H groups in total. The van der Waals surface area contributed by atoms with Crippen molar-refractivity contribution in [3.63, 3.8) is 0 Å². The molecule has 0 saturated heterocycles. The van der Waals surface area contributed by atoms with Crippen LogP contribution in [-0.2, 0) is 14.8 Å². The van der Waals surface area contributed by atoms with Crippen LogP contribution in [-0.4, -0.2) is 55.4 Å². The summed E-state index contributed by atoms with van der Waals surface area (Å²) in [6.07, 6.45) is 1.05.